The predicted molar refractivity (Wildman–Crippen MR) is 104 cm³/mol. The van der Waals surface area contributed by atoms with Gasteiger partial charge in [-0.05, 0) is 99.4 Å². The van der Waals surface area contributed by atoms with Crippen molar-refractivity contribution < 1.29 is 9.90 Å². The summed E-state index contributed by atoms with van der Waals surface area (Å²) in [6, 6.07) is 1.90. The Labute approximate surface area is 162 Å². The van der Waals surface area contributed by atoms with Crippen molar-refractivity contribution in [3.63, 3.8) is 0 Å². The predicted octanol–water partition coefficient (Wildman–Crippen LogP) is 4.08. The molecule has 0 saturated heterocycles. The molecule has 4 aliphatic carbocycles. The molecule has 27 heavy (non-hydrogen) atoms. The van der Waals surface area contributed by atoms with Crippen LogP contribution < -0.4 is 0 Å². The number of carbonyl (C=O) groups excluding carboxylic acids is 1. The summed E-state index contributed by atoms with van der Waals surface area (Å²) < 4.78 is 1.79. The SMILES string of the molecule is C[C@]1(O)C[C@H]2CCC3C(CC[C@@]4(C)C3CC[C@@H]4C(=O)Cn3cccn3)[C@H]2C1. The fourth-order valence-corrected chi connectivity index (χ4v) is 8.15. The van der Waals surface area contributed by atoms with Crippen LogP contribution >= 0.6 is 0 Å². The van der Waals surface area contributed by atoms with Crippen molar-refractivity contribution >= 4 is 5.78 Å². The number of carbonyl (C=O) groups is 1. The van der Waals surface area contributed by atoms with E-state index in [0.29, 0.717) is 18.2 Å². The van der Waals surface area contributed by atoms with E-state index in [2.05, 4.69) is 12.0 Å². The number of fused-ring (bicyclic) bond motifs is 5. The van der Waals surface area contributed by atoms with Crippen molar-refractivity contribution in [3.05, 3.63) is 18.5 Å². The summed E-state index contributed by atoms with van der Waals surface area (Å²) in [6.45, 7) is 4.90. The van der Waals surface area contributed by atoms with Gasteiger partial charge in [-0.25, -0.2) is 0 Å². The van der Waals surface area contributed by atoms with Crippen LogP contribution in [0, 0.1) is 40.9 Å². The summed E-state index contributed by atoms with van der Waals surface area (Å²) in [5, 5.41) is 14.9. The highest BCUT2D eigenvalue weighted by atomic mass is 16.3. The standard InChI is InChI=1S/C23H34N2O2/c1-22(27)12-15-4-5-17-16(18(15)13-22)8-9-23(2)19(17)6-7-20(23)21(26)14-25-11-3-10-24-25/h3,10-11,15-20,27H,4-9,12-14H2,1-2H3/t15-,16?,17?,18+,19?,20-,22+,23+/m1/s1. The maximum Gasteiger partial charge on any atom is 0.157 e. The average Bonchev–Trinajstić information content (AvgIpc) is 3.29. The zero-order valence-electron chi connectivity index (χ0n) is 16.8. The van der Waals surface area contributed by atoms with Gasteiger partial charge in [0.15, 0.2) is 5.78 Å². The van der Waals surface area contributed by atoms with Gasteiger partial charge in [-0.2, -0.15) is 5.10 Å². The second-order valence-corrected chi connectivity index (χ2v) is 10.7. The molecular formula is C23H34N2O2. The number of hydrogen-bond acceptors (Lipinski definition) is 3. The molecule has 1 heterocycles. The minimum atomic E-state index is -0.442. The lowest BCUT2D eigenvalue weighted by Crippen LogP contribution is -2.47. The molecule has 0 amide bonds. The first-order valence-electron chi connectivity index (χ1n) is 11.1. The van der Waals surface area contributed by atoms with Crippen LogP contribution in [0.4, 0.5) is 0 Å². The molecule has 0 aromatic carbocycles. The van der Waals surface area contributed by atoms with Gasteiger partial charge in [-0.3, -0.25) is 9.48 Å². The molecule has 4 nitrogen and oxygen atoms in total. The fourth-order valence-electron chi connectivity index (χ4n) is 8.15. The molecule has 0 aliphatic heterocycles. The van der Waals surface area contributed by atoms with Crippen LogP contribution in [0.2, 0.25) is 0 Å². The second-order valence-electron chi connectivity index (χ2n) is 10.7. The third-order valence-corrected chi connectivity index (χ3v) is 9.16. The molecule has 0 bridgehead atoms. The monoisotopic (exact) mass is 370 g/mol. The molecule has 4 aliphatic rings. The van der Waals surface area contributed by atoms with Crippen LogP contribution in [0.3, 0.4) is 0 Å². The third-order valence-electron chi connectivity index (χ3n) is 9.16. The maximum absolute atomic E-state index is 13.1. The Morgan fingerprint density at radius 1 is 1.11 bits per heavy atom. The summed E-state index contributed by atoms with van der Waals surface area (Å²) in [7, 11) is 0. The summed E-state index contributed by atoms with van der Waals surface area (Å²) in [6.07, 6.45) is 13.0. The van der Waals surface area contributed by atoms with Crippen molar-refractivity contribution in [2.75, 3.05) is 0 Å². The number of rotatable bonds is 3. The Kier molecular flexibility index (Phi) is 4.09. The van der Waals surface area contributed by atoms with Crippen LogP contribution in [0.5, 0.6) is 0 Å². The van der Waals surface area contributed by atoms with Gasteiger partial charge in [0, 0.05) is 18.3 Å². The Morgan fingerprint density at radius 2 is 1.96 bits per heavy atom. The first-order valence-corrected chi connectivity index (χ1v) is 11.1. The quantitative estimate of drug-likeness (QED) is 0.872. The van der Waals surface area contributed by atoms with Gasteiger partial charge in [-0.1, -0.05) is 6.92 Å². The summed E-state index contributed by atoms with van der Waals surface area (Å²) in [5.41, 5.74) is -0.262. The van der Waals surface area contributed by atoms with Gasteiger partial charge in [0.1, 0.15) is 0 Å². The van der Waals surface area contributed by atoms with Gasteiger partial charge < -0.3 is 5.11 Å². The first-order chi connectivity index (χ1) is 12.9. The Balaban J connectivity index is 1.34. The Hall–Kier alpha value is -1.16. The van der Waals surface area contributed by atoms with Crippen molar-refractivity contribution in [2.24, 2.45) is 40.9 Å². The Bertz CT molecular complexity index is 712. The van der Waals surface area contributed by atoms with Crippen molar-refractivity contribution in [1.82, 2.24) is 9.78 Å². The molecule has 1 N–H and O–H groups in total. The molecule has 0 radical (unpaired) electrons. The molecule has 5 rings (SSSR count). The molecule has 4 fully saturated rings. The summed E-state index contributed by atoms with van der Waals surface area (Å²) >= 11 is 0. The summed E-state index contributed by atoms with van der Waals surface area (Å²) in [5.74, 6) is 4.33. The van der Waals surface area contributed by atoms with E-state index >= 15 is 0 Å². The van der Waals surface area contributed by atoms with Gasteiger partial charge in [-0.15, -0.1) is 0 Å². The van der Waals surface area contributed by atoms with Crippen LogP contribution in [0.25, 0.3) is 0 Å². The van der Waals surface area contributed by atoms with E-state index in [0.717, 1.165) is 42.9 Å². The highest BCUT2D eigenvalue weighted by molar-refractivity contribution is 5.82. The highest BCUT2D eigenvalue weighted by Crippen LogP contribution is 2.65. The lowest BCUT2D eigenvalue weighted by molar-refractivity contribution is -0.130. The number of Topliss-reactive ketones (excluding diaryl/α,β-unsaturated/α-hetero) is 1. The van der Waals surface area contributed by atoms with E-state index in [9.17, 15) is 9.90 Å². The molecular weight excluding hydrogens is 336 g/mol. The summed E-state index contributed by atoms with van der Waals surface area (Å²) in [4.78, 5) is 13.1. The average molecular weight is 371 g/mol. The first kappa shape index (κ1) is 17.9. The number of aromatic nitrogens is 2. The van der Waals surface area contributed by atoms with E-state index in [1.165, 1.54) is 32.1 Å². The molecule has 3 unspecified atom stereocenters. The molecule has 1 aromatic rings. The van der Waals surface area contributed by atoms with Gasteiger partial charge >= 0.3 is 0 Å². The normalized spacial score (nSPS) is 48.7. The van der Waals surface area contributed by atoms with E-state index in [1.54, 1.807) is 10.9 Å². The third kappa shape index (κ3) is 2.82. The van der Waals surface area contributed by atoms with Crippen molar-refractivity contribution in [1.29, 1.82) is 0 Å². The van der Waals surface area contributed by atoms with E-state index in [4.69, 9.17) is 0 Å². The molecule has 4 heteroatoms. The number of aliphatic hydroxyl groups is 1. The number of ketones is 1. The minimum absolute atomic E-state index is 0.180. The van der Waals surface area contributed by atoms with Crippen molar-refractivity contribution in [3.8, 4) is 0 Å². The van der Waals surface area contributed by atoms with Crippen molar-refractivity contribution in [2.45, 2.75) is 77.4 Å². The van der Waals surface area contributed by atoms with Gasteiger partial charge in [0.05, 0.1) is 12.1 Å². The minimum Gasteiger partial charge on any atom is -0.390 e. The van der Waals surface area contributed by atoms with E-state index < -0.39 is 5.60 Å². The van der Waals surface area contributed by atoms with Crippen LogP contribution in [0.1, 0.15) is 65.2 Å². The lowest BCUT2D eigenvalue weighted by Gasteiger charge is -2.53. The Morgan fingerprint density at radius 3 is 2.74 bits per heavy atom. The largest absolute Gasteiger partial charge is 0.390 e. The van der Waals surface area contributed by atoms with Crippen LogP contribution in [0.15, 0.2) is 18.5 Å². The van der Waals surface area contributed by atoms with Crippen LogP contribution in [-0.2, 0) is 11.3 Å². The zero-order chi connectivity index (χ0) is 18.8. The van der Waals surface area contributed by atoms with Crippen LogP contribution in [-0.4, -0.2) is 26.3 Å². The second kappa shape index (κ2) is 6.17. The number of nitrogens with zero attached hydrogens (tertiary/aromatic N) is 2. The maximum atomic E-state index is 13.1. The topological polar surface area (TPSA) is 55.1 Å². The van der Waals surface area contributed by atoms with Gasteiger partial charge in [0.2, 0.25) is 0 Å². The fraction of sp³-hybridized carbons (Fsp3) is 0.826. The van der Waals surface area contributed by atoms with E-state index in [-0.39, 0.29) is 11.3 Å². The molecule has 0 spiro atoms. The molecule has 8 atom stereocenters. The molecule has 1 aromatic heterocycles. The number of hydrogen-bond donors (Lipinski definition) is 1. The van der Waals surface area contributed by atoms with E-state index in [1.807, 2.05) is 19.2 Å². The lowest BCUT2D eigenvalue weighted by atomic mass is 9.51. The zero-order valence-corrected chi connectivity index (χ0v) is 16.8. The smallest absolute Gasteiger partial charge is 0.157 e. The molecule has 148 valence electrons. The van der Waals surface area contributed by atoms with Gasteiger partial charge in [0.25, 0.3) is 0 Å². The highest BCUT2D eigenvalue weighted by Gasteiger charge is 2.59. The molecule has 4 saturated carbocycles.